The fraction of sp³-hybridized carbons (Fsp3) is 0.182. The molecule has 0 N–H and O–H groups in total. The highest BCUT2D eigenvalue weighted by Gasteiger charge is 1.80. The van der Waals surface area contributed by atoms with E-state index in [0.29, 0.717) is 5.57 Å². The first kappa shape index (κ1) is 10.4. The van der Waals surface area contributed by atoms with E-state index in [1.807, 2.05) is 32.1 Å². The molecule has 0 fully saturated rings. The van der Waals surface area contributed by atoms with Gasteiger partial charge in [-0.2, -0.15) is 5.26 Å². The lowest BCUT2D eigenvalue weighted by Gasteiger charge is -1.82. The van der Waals surface area contributed by atoms with E-state index >= 15 is 0 Å². The van der Waals surface area contributed by atoms with Crippen molar-refractivity contribution in [1.29, 1.82) is 5.26 Å². The first-order valence-electron chi connectivity index (χ1n) is 3.77. The molecule has 0 heterocycles. The second-order valence-electron chi connectivity index (χ2n) is 2.42. The van der Waals surface area contributed by atoms with Gasteiger partial charge in [-0.05, 0) is 19.9 Å². The molecular formula is C11H13N. The molecule has 0 saturated heterocycles. The van der Waals surface area contributed by atoms with E-state index < -0.39 is 0 Å². The number of rotatable bonds is 3. The van der Waals surface area contributed by atoms with Crippen molar-refractivity contribution < 1.29 is 0 Å². The molecule has 0 aliphatic carbocycles. The monoisotopic (exact) mass is 159 g/mol. The highest BCUT2D eigenvalue weighted by Crippen LogP contribution is 1.95. The topological polar surface area (TPSA) is 23.8 Å². The van der Waals surface area contributed by atoms with E-state index in [2.05, 4.69) is 12.6 Å². The van der Waals surface area contributed by atoms with Crippen molar-refractivity contribution in [1.82, 2.24) is 0 Å². The van der Waals surface area contributed by atoms with Gasteiger partial charge < -0.3 is 0 Å². The van der Waals surface area contributed by atoms with Crippen molar-refractivity contribution in [3.05, 3.63) is 48.1 Å². The van der Waals surface area contributed by atoms with Gasteiger partial charge in [0.1, 0.15) is 0 Å². The minimum absolute atomic E-state index is 0.668. The number of nitriles is 1. The highest BCUT2D eigenvalue weighted by atomic mass is 14.2. The van der Waals surface area contributed by atoms with Gasteiger partial charge >= 0.3 is 0 Å². The fourth-order valence-electron chi connectivity index (χ4n) is 0.577. The molecule has 0 rings (SSSR count). The number of hydrogen-bond donors (Lipinski definition) is 0. The zero-order valence-corrected chi connectivity index (χ0v) is 7.54. The molecule has 0 amide bonds. The maximum Gasteiger partial charge on any atom is 0.0988 e. The van der Waals surface area contributed by atoms with Crippen molar-refractivity contribution in [2.75, 3.05) is 0 Å². The summed E-state index contributed by atoms with van der Waals surface area (Å²) < 4.78 is 0. The fourth-order valence-corrected chi connectivity index (χ4v) is 0.577. The Balaban J connectivity index is 4.10. The molecule has 62 valence electrons. The zero-order valence-electron chi connectivity index (χ0n) is 7.54. The van der Waals surface area contributed by atoms with Crippen LogP contribution in [0.5, 0.6) is 0 Å². The van der Waals surface area contributed by atoms with Crippen molar-refractivity contribution in [2.24, 2.45) is 0 Å². The standard InChI is InChI=1S/C11H13N/c1-4-11(9-12)8-6-5-7-10(2)3/h4-8H,2H2,1,3H3/b7-5+,8-6+,11-4-. The molecule has 0 spiro atoms. The third-order valence-corrected chi connectivity index (χ3v) is 1.21. The van der Waals surface area contributed by atoms with E-state index in [4.69, 9.17) is 5.26 Å². The summed E-state index contributed by atoms with van der Waals surface area (Å²) in [7, 11) is 0. The SMILES string of the molecule is C=C(C)/C=C/C=C/C(C#N)=C/C. The van der Waals surface area contributed by atoms with Crippen molar-refractivity contribution >= 4 is 0 Å². The molecule has 0 aromatic rings. The predicted octanol–water partition coefficient (Wildman–Crippen LogP) is 3.14. The summed E-state index contributed by atoms with van der Waals surface area (Å²) in [6.07, 6.45) is 9.11. The van der Waals surface area contributed by atoms with Gasteiger partial charge in [0, 0.05) is 5.57 Å². The van der Waals surface area contributed by atoms with Gasteiger partial charge in [-0.15, -0.1) is 0 Å². The maximum atomic E-state index is 8.52. The lowest BCUT2D eigenvalue weighted by molar-refractivity contribution is 1.48. The van der Waals surface area contributed by atoms with Gasteiger partial charge in [-0.25, -0.2) is 0 Å². The Bertz CT molecular complexity index is 272. The Labute approximate surface area is 74.0 Å². The average molecular weight is 159 g/mol. The second-order valence-corrected chi connectivity index (χ2v) is 2.42. The molecule has 0 saturated carbocycles. The zero-order chi connectivity index (χ0) is 9.40. The first-order valence-corrected chi connectivity index (χ1v) is 3.77. The van der Waals surface area contributed by atoms with Gasteiger partial charge in [-0.1, -0.05) is 36.5 Å². The van der Waals surface area contributed by atoms with Crippen LogP contribution >= 0.6 is 0 Å². The normalized spacial score (nSPS) is 12.2. The van der Waals surface area contributed by atoms with Gasteiger partial charge in [0.15, 0.2) is 0 Å². The largest absolute Gasteiger partial charge is 0.192 e. The van der Waals surface area contributed by atoms with Crippen LogP contribution in [0, 0.1) is 11.3 Å². The van der Waals surface area contributed by atoms with Crippen LogP contribution in [0.2, 0.25) is 0 Å². The quantitative estimate of drug-likeness (QED) is 0.458. The van der Waals surface area contributed by atoms with E-state index in [1.165, 1.54) is 0 Å². The number of nitrogens with zero attached hydrogens (tertiary/aromatic N) is 1. The second kappa shape index (κ2) is 6.18. The van der Waals surface area contributed by atoms with Crippen LogP contribution in [0.1, 0.15) is 13.8 Å². The molecule has 0 aliphatic heterocycles. The van der Waals surface area contributed by atoms with Gasteiger partial charge in [0.25, 0.3) is 0 Å². The minimum Gasteiger partial charge on any atom is -0.192 e. The van der Waals surface area contributed by atoms with Gasteiger partial charge in [0.2, 0.25) is 0 Å². The molecule has 1 heteroatoms. The Kier molecular flexibility index (Phi) is 5.38. The summed E-state index contributed by atoms with van der Waals surface area (Å²) in [4.78, 5) is 0. The van der Waals surface area contributed by atoms with Crippen LogP contribution in [0.4, 0.5) is 0 Å². The van der Waals surface area contributed by atoms with E-state index in [9.17, 15) is 0 Å². The van der Waals surface area contributed by atoms with Crippen molar-refractivity contribution in [2.45, 2.75) is 13.8 Å². The first-order chi connectivity index (χ1) is 5.70. The molecule has 0 radical (unpaired) electrons. The summed E-state index contributed by atoms with van der Waals surface area (Å²) >= 11 is 0. The highest BCUT2D eigenvalue weighted by molar-refractivity contribution is 5.34. The Morgan fingerprint density at radius 1 is 1.33 bits per heavy atom. The van der Waals surface area contributed by atoms with Crippen LogP contribution in [-0.4, -0.2) is 0 Å². The Morgan fingerprint density at radius 3 is 2.33 bits per heavy atom. The van der Waals surface area contributed by atoms with Crippen molar-refractivity contribution in [3.8, 4) is 6.07 Å². The average Bonchev–Trinajstić information content (AvgIpc) is 2.04. The van der Waals surface area contributed by atoms with E-state index in [-0.39, 0.29) is 0 Å². The maximum absolute atomic E-state index is 8.52. The lowest BCUT2D eigenvalue weighted by atomic mass is 10.2. The van der Waals surface area contributed by atoms with Gasteiger partial charge in [0.05, 0.1) is 6.07 Å². The lowest BCUT2D eigenvalue weighted by Crippen LogP contribution is -1.67. The summed E-state index contributed by atoms with van der Waals surface area (Å²) in [5, 5.41) is 8.52. The molecule has 0 aromatic heterocycles. The van der Waals surface area contributed by atoms with Crippen LogP contribution in [0.3, 0.4) is 0 Å². The van der Waals surface area contributed by atoms with E-state index in [0.717, 1.165) is 5.57 Å². The van der Waals surface area contributed by atoms with Crippen molar-refractivity contribution in [3.63, 3.8) is 0 Å². The summed E-state index contributed by atoms with van der Waals surface area (Å²) in [6.45, 7) is 7.47. The number of hydrogen-bond acceptors (Lipinski definition) is 1. The molecule has 0 atom stereocenters. The smallest absolute Gasteiger partial charge is 0.0988 e. The third kappa shape index (κ3) is 5.25. The number of allylic oxidation sites excluding steroid dienone is 7. The van der Waals surface area contributed by atoms with Crippen LogP contribution in [0.25, 0.3) is 0 Å². The van der Waals surface area contributed by atoms with Gasteiger partial charge in [-0.3, -0.25) is 0 Å². The molecule has 12 heavy (non-hydrogen) atoms. The minimum atomic E-state index is 0.668. The predicted molar refractivity (Wildman–Crippen MR) is 52.5 cm³/mol. The molecule has 0 unspecified atom stereocenters. The molecular weight excluding hydrogens is 146 g/mol. The Hall–Kier alpha value is -1.55. The summed E-state index contributed by atoms with van der Waals surface area (Å²) in [5.74, 6) is 0. The van der Waals surface area contributed by atoms with Crippen LogP contribution in [-0.2, 0) is 0 Å². The summed E-state index contributed by atoms with van der Waals surface area (Å²) in [6, 6.07) is 2.06. The van der Waals surface area contributed by atoms with E-state index in [1.54, 1.807) is 12.2 Å². The van der Waals surface area contributed by atoms with Crippen LogP contribution in [0.15, 0.2) is 48.1 Å². The molecule has 0 aromatic carbocycles. The Morgan fingerprint density at radius 2 is 1.92 bits per heavy atom. The molecule has 1 nitrogen and oxygen atoms in total. The third-order valence-electron chi connectivity index (χ3n) is 1.21. The molecule has 0 bridgehead atoms. The summed E-state index contributed by atoms with van der Waals surface area (Å²) in [5.41, 5.74) is 1.67. The molecule has 0 aliphatic rings. The van der Waals surface area contributed by atoms with Crippen LogP contribution < -0.4 is 0 Å².